The number of aryl methyl sites for hydroxylation is 1. The second kappa shape index (κ2) is 12.9. The van der Waals surface area contributed by atoms with E-state index in [1.54, 1.807) is 30.3 Å². The van der Waals surface area contributed by atoms with Crippen LogP contribution in [0.1, 0.15) is 42.1 Å². The molecule has 3 N–H and O–H groups in total. The minimum atomic E-state index is -0.441. The molecule has 7 nitrogen and oxygen atoms in total. The van der Waals surface area contributed by atoms with Crippen molar-refractivity contribution in [2.24, 2.45) is 0 Å². The predicted octanol–water partition coefficient (Wildman–Crippen LogP) is 4.04. The fourth-order valence-electron chi connectivity index (χ4n) is 2.53. The molecule has 31 heavy (non-hydrogen) atoms. The van der Waals surface area contributed by atoms with Crippen LogP contribution >= 0.6 is 28.1 Å². The minimum absolute atomic E-state index is 0.0296. The van der Waals surface area contributed by atoms with E-state index < -0.39 is 11.8 Å². The number of benzene rings is 2. The summed E-state index contributed by atoms with van der Waals surface area (Å²) >= 11 is 8.41. The Morgan fingerprint density at radius 2 is 1.77 bits per heavy atom. The van der Waals surface area contributed by atoms with E-state index in [1.807, 2.05) is 19.1 Å². The molecular weight excluding hydrogens is 482 g/mol. The molecule has 0 aromatic heterocycles. The van der Waals surface area contributed by atoms with E-state index in [4.69, 9.17) is 21.7 Å². The third kappa shape index (κ3) is 8.94. The summed E-state index contributed by atoms with van der Waals surface area (Å²) in [6, 6.07) is 12.3. The van der Waals surface area contributed by atoms with Crippen molar-refractivity contribution in [3.8, 4) is 11.5 Å². The van der Waals surface area contributed by atoms with Gasteiger partial charge in [0.2, 0.25) is 0 Å². The van der Waals surface area contributed by atoms with Crippen LogP contribution in [0, 0.1) is 6.92 Å². The summed E-state index contributed by atoms with van der Waals surface area (Å²) in [5.74, 6) is 0.475. The summed E-state index contributed by atoms with van der Waals surface area (Å²) in [6.45, 7) is 4.46. The highest BCUT2D eigenvalue weighted by Crippen LogP contribution is 2.21. The summed E-state index contributed by atoms with van der Waals surface area (Å²) in [4.78, 5) is 24.2. The van der Waals surface area contributed by atoms with Crippen LogP contribution in [-0.4, -0.2) is 30.1 Å². The molecule has 2 amide bonds. The first-order valence-corrected chi connectivity index (χ1v) is 11.1. The quantitative estimate of drug-likeness (QED) is 0.269. The van der Waals surface area contributed by atoms with Gasteiger partial charge in [-0.2, -0.15) is 0 Å². The zero-order valence-corrected chi connectivity index (χ0v) is 19.9. The highest BCUT2D eigenvalue weighted by atomic mass is 79.9. The summed E-state index contributed by atoms with van der Waals surface area (Å²) < 4.78 is 12.0. The molecule has 2 aromatic rings. The van der Waals surface area contributed by atoms with E-state index in [0.717, 1.165) is 29.3 Å². The molecule has 0 aliphatic carbocycles. The molecule has 166 valence electrons. The van der Waals surface area contributed by atoms with Gasteiger partial charge in [0.05, 0.1) is 6.61 Å². The average molecular weight is 508 g/mol. The molecule has 2 rings (SSSR count). The molecule has 0 fully saturated rings. The van der Waals surface area contributed by atoms with Crippen molar-refractivity contribution in [3.63, 3.8) is 0 Å². The molecule has 0 aliphatic heterocycles. The van der Waals surface area contributed by atoms with E-state index >= 15 is 0 Å². The lowest BCUT2D eigenvalue weighted by Gasteiger charge is -2.12. The first-order chi connectivity index (χ1) is 14.9. The van der Waals surface area contributed by atoms with E-state index in [9.17, 15) is 9.59 Å². The fourth-order valence-corrected chi connectivity index (χ4v) is 3.15. The van der Waals surface area contributed by atoms with Gasteiger partial charge in [-0.3, -0.25) is 25.8 Å². The van der Waals surface area contributed by atoms with E-state index in [-0.39, 0.29) is 11.7 Å². The van der Waals surface area contributed by atoms with Gasteiger partial charge in [-0.1, -0.05) is 35.7 Å². The number of unbranched alkanes of at least 4 members (excludes halogenated alkanes) is 2. The van der Waals surface area contributed by atoms with Gasteiger partial charge in [0.25, 0.3) is 11.8 Å². The zero-order valence-electron chi connectivity index (χ0n) is 17.5. The fraction of sp³-hybridized carbons (Fsp3) is 0.318. The molecular formula is C22H26BrN3O4S. The van der Waals surface area contributed by atoms with Crippen molar-refractivity contribution in [2.45, 2.75) is 33.1 Å². The standard InChI is InChI=1S/C22H26BrN3O4S/c1-3-4-5-12-29-18-9-6-16(7-10-18)21(28)24-22(31)26-25-20(27)14-30-19-11-8-17(23)13-15(19)2/h6-11,13H,3-5,12,14H2,1-2H3,(H,25,27)(H2,24,26,28,31). The van der Waals surface area contributed by atoms with Crippen LogP contribution < -0.4 is 25.6 Å². The van der Waals surface area contributed by atoms with Gasteiger partial charge >= 0.3 is 0 Å². The summed E-state index contributed by atoms with van der Waals surface area (Å²) in [6.07, 6.45) is 3.25. The Bertz CT molecular complexity index is 906. The molecule has 0 radical (unpaired) electrons. The third-order valence-electron chi connectivity index (χ3n) is 4.17. The summed E-state index contributed by atoms with van der Waals surface area (Å²) in [5.41, 5.74) is 6.19. The molecule has 2 aromatic carbocycles. The Hall–Kier alpha value is -2.65. The summed E-state index contributed by atoms with van der Waals surface area (Å²) in [5, 5.41) is 2.47. The van der Waals surface area contributed by atoms with Crippen LogP contribution in [0.4, 0.5) is 0 Å². The van der Waals surface area contributed by atoms with Gasteiger partial charge in [0.1, 0.15) is 11.5 Å². The van der Waals surface area contributed by atoms with Gasteiger partial charge in [0.15, 0.2) is 11.7 Å². The number of carbonyl (C=O) groups is 2. The third-order valence-corrected chi connectivity index (χ3v) is 4.87. The largest absolute Gasteiger partial charge is 0.494 e. The van der Waals surface area contributed by atoms with Crippen molar-refractivity contribution in [2.75, 3.05) is 13.2 Å². The van der Waals surface area contributed by atoms with E-state index in [1.165, 1.54) is 0 Å². The van der Waals surface area contributed by atoms with Crippen molar-refractivity contribution in [1.82, 2.24) is 16.2 Å². The van der Waals surface area contributed by atoms with E-state index in [2.05, 4.69) is 39.0 Å². The number of thiocarbonyl (C=S) groups is 1. The van der Waals surface area contributed by atoms with Crippen LogP contribution in [0.15, 0.2) is 46.9 Å². The van der Waals surface area contributed by atoms with Gasteiger partial charge in [0, 0.05) is 10.0 Å². The van der Waals surface area contributed by atoms with Gasteiger partial charge in [-0.25, -0.2) is 0 Å². The molecule has 0 saturated heterocycles. The number of hydrogen-bond acceptors (Lipinski definition) is 5. The van der Waals surface area contributed by atoms with Crippen molar-refractivity contribution < 1.29 is 19.1 Å². The predicted molar refractivity (Wildman–Crippen MR) is 127 cm³/mol. The molecule has 0 unspecified atom stereocenters. The number of ether oxygens (including phenoxy) is 2. The van der Waals surface area contributed by atoms with Crippen molar-refractivity contribution >= 4 is 45.1 Å². The van der Waals surface area contributed by atoms with Crippen LogP contribution in [-0.2, 0) is 4.79 Å². The average Bonchev–Trinajstić information content (AvgIpc) is 2.75. The highest BCUT2D eigenvalue weighted by molar-refractivity contribution is 9.10. The van der Waals surface area contributed by atoms with Crippen LogP contribution in [0.3, 0.4) is 0 Å². The molecule has 0 saturated carbocycles. The van der Waals surface area contributed by atoms with Crippen LogP contribution in [0.25, 0.3) is 0 Å². The second-order valence-electron chi connectivity index (χ2n) is 6.73. The molecule has 0 spiro atoms. The molecule has 9 heteroatoms. The Morgan fingerprint density at radius 3 is 2.45 bits per heavy atom. The second-order valence-corrected chi connectivity index (χ2v) is 8.06. The normalized spacial score (nSPS) is 10.2. The van der Waals surface area contributed by atoms with Crippen molar-refractivity contribution in [3.05, 3.63) is 58.1 Å². The SMILES string of the molecule is CCCCCOc1ccc(C(=O)NC(=S)NNC(=O)COc2ccc(Br)cc2C)cc1. The Morgan fingerprint density at radius 1 is 1.03 bits per heavy atom. The monoisotopic (exact) mass is 507 g/mol. The van der Waals surface area contributed by atoms with Crippen LogP contribution in [0.2, 0.25) is 0 Å². The van der Waals surface area contributed by atoms with Gasteiger partial charge in [-0.15, -0.1) is 0 Å². The summed E-state index contributed by atoms with van der Waals surface area (Å²) in [7, 11) is 0. The minimum Gasteiger partial charge on any atom is -0.494 e. The first kappa shape index (κ1) is 24.6. The number of amides is 2. The van der Waals surface area contributed by atoms with Crippen LogP contribution in [0.5, 0.6) is 11.5 Å². The maximum atomic E-state index is 12.3. The first-order valence-electron chi connectivity index (χ1n) is 9.91. The number of nitrogens with one attached hydrogen (secondary N) is 3. The van der Waals surface area contributed by atoms with Gasteiger partial charge in [-0.05, 0) is 73.6 Å². The van der Waals surface area contributed by atoms with E-state index in [0.29, 0.717) is 23.7 Å². The molecule has 0 atom stereocenters. The molecule has 0 heterocycles. The zero-order chi connectivity index (χ0) is 22.6. The topological polar surface area (TPSA) is 88.7 Å². The highest BCUT2D eigenvalue weighted by Gasteiger charge is 2.10. The number of halogens is 1. The molecule has 0 aliphatic rings. The number of rotatable bonds is 9. The number of hydrogen-bond donors (Lipinski definition) is 3. The molecule has 0 bridgehead atoms. The lowest BCUT2D eigenvalue weighted by molar-refractivity contribution is -0.123. The lowest BCUT2D eigenvalue weighted by Crippen LogP contribution is -2.49. The smallest absolute Gasteiger partial charge is 0.276 e. The Kier molecular flexibility index (Phi) is 10.3. The van der Waals surface area contributed by atoms with Crippen molar-refractivity contribution in [1.29, 1.82) is 0 Å². The lowest BCUT2D eigenvalue weighted by atomic mass is 10.2. The maximum absolute atomic E-state index is 12.3. The van der Waals surface area contributed by atoms with Gasteiger partial charge < -0.3 is 9.47 Å². The maximum Gasteiger partial charge on any atom is 0.276 e. The Labute approximate surface area is 196 Å². The Balaban J connectivity index is 1.71. The number of carbonyl (C=O) groups excluding carboxylic acids is 2. The number of hydrazine groups is 1.